The van der Waals surface area contributed by atoms with Crippen LogP contribution in [0, 0.1) is 24.0 Å². The molecule has 0 unspecified atom stereocenters. The minimum Gasteiger partial charge on any atom is -0.318 e. The first-order valence-electron chi connectivity index (χ1n) is 8.68. The molecular formula is C20H21N5O2. The van der Waals surface area contributed by atoms with Crippen LogP contribution in [0.25, 0.3) is 5.69 Å². The maximum Gasteiger partial charge on any atom is 0.313 e. The number of nitrogens with one attached hydrogen (secondary N) is 1. The average Bonchev–Trinajstić information content (AvgIpc) is 2.95. The number of aromatic nitrogens is 2. The van der Waals surface area contributed by atoms with E-state index in [-0.39, 0.29) is 11.5 Å². The van der Waals surface area contributed by atoms with Gasteiger partial charge in [-0.25, -0.2) is 4.98 Å². The summed E-state index contributed by atoms with van der Waals surface area (Å²) >= 11 is 0. The highest BCUT2D eigenvalue weighted by molar-refractivity contribution is 5.83. The average molecular weight is 363 g/mol. The standard InChI is InChI=1S/C20H21N5O2/c1-4-16-8-5-6-9-18(16)24-14(2)12-17(15(24)3)13-22-23-20-19(25(26)27)10-7-11-21-20/h5-13H,4H2,1-3H3,(H,21,23)/b22-13-. The third-order valence-electron chi connectivity index (χ3n) is 4.44. The maximum atomic E-state index is 11.0. The van der Waals surface area contributed by atoms with E-state index in [0.717, 1.165) is 29.1 Å². The SMILES string of the molecule is CCc1ccccc1-n1c(C)cc(/C=N\Nc2ncccc2[N+](=O)[O-])c1C. The van der Waals surface area contributed by atoms with Crippen LogP contribution in [0.15, 0.2) is 53.8 Å². The van der Waals surface area contributed by atoms with Crippen LogP contribution in [-0.2, 0) is 6.42 Å². The van der Waals surface area contributed by atoms with E-state index in [2.05, 4.69) is 39.1 Å². The molecule has 1 N–H and O–H groups in total. The van der Waals surface area contributed by atoms with Crippen molar-refractivity contribution in [2.75, 3.05) is 5.43 Å². The highest BCUT2D eigenvalue weighted by Crippen LogP contribution is 2.24. The molecular weight excluding hydrogens is 342 g/mol. The molecule has 27 heavy (non-hydrogen) atoms. The van der Waals surface area contributed by atoms with E-state index in [0.29, 0.717) is 0 Å². The molecule has 3 aromatic rings. The summed E-state index contributed by atoms with van der Waals surface area (Å²) in [6.45, 7) is 6.22. The zero-order valence-corrected chi connectivity index (χ0v) is 15.5. The first kappa shape index (κ1) is 18.3. The van der Waals surface area contributed by atoms with Crippen molar-refractivity contribution in [3.05, 3.63) is 81.3 Å². The van der Waals surface area contributed by atoms with Gasteiger partial charge in [-0.3, -0.25) is 15.5 Å². The van der Waals surface area contributed by atoms with Crippen molar-refractivity contribution < 1.29 is 4.92 Å². The lowest BCUT2D eigenvalue weighted by atomic mass is 10.1. The van der Waals surface area contributed by atoms with Crippen LogP contribution in [-0.4, -0.2) is 20.7 Å². The molecule has 3 rings (SSSR count). The Morgan fingerprint density at radius 1 is 1.26 bits per heavy atom. The topological polar surface area (TPSA) is 85.3 Å². The summed E-state index contributed by atoms with van der Waals surface area (Å²) in [5, 5.41) is 15.2. The van der Waals surface area contributed by atoms with Crippen LogP contribution >= 0.6 is 0 Å². The van der Waals surface area contributed by atoms with Crippen molar-refractivity contribution in [2.45, 2.75) is 27.2 Å². The number of rotatable bonds is 6. The highest BCUT2D eigenvalue weighted by atomic mass is 16.6. The van der Waals surface area contributed by atoms with E-state index in [4.69, 9.17) is 0 Å². The fourth-order valence-electron chi connectivity index (χ4n) is 3.11. The monoisotopic (exact) mass is 363 g/mol. The maximum absolute atomic E-state index is 11.0. The predicted octanol–water partition coefficient (Wildman–Crippen LogP) is 4.41. The quantitative estimate of drug-likeness (QED) is 0.399. The number of benzene rings is 1. The molecule has 0 fully saturated rings. The van der Waals surface area contributed by atoms with Gasteiger partial charge in [-0.15, -0.1) is 0 Å². The second kappa shape index (κ2) is 7.82. The van der Waals surface area contributed by atoms with Crippen LogP contribution in [0.5, 0.6) is 0 Å². The minimum atomic E-state index is -0.488. The van der Waals surface area contributed by atoms with Crippen molar-refractivity contribution in [3.63, 3.8) is 0 Å². The summed E-state index contributed by atoms with van der Waals surface area (Å²) in [5.41, 5.74) is 8.06. The van der Waals surface area contributed by atoms with Gasteiger partial charge in [0.15, 0.2) is 0 Å². The van der Waals surface area contributed by atoms with Gasteiger partial charge in [0, 0.05) is 34.9 Å². The lowest BCUT2D eigenvalue weighted by molar-refractivity contribution is -0.384. The van der Waals surface area contributed by atoms with Gasteiger partial charge in [-0.1, -0.05) is 25.1 Å². The van der Waals surface area contributed by atoms with Crippen LogP contribution in [0.3, 0.4) is 0 Å². The largest absolute Gasteiger partial charge is 0.318 e. The van der Waals surface area contributed by atoms with E-state index in [9.17, 15) is 10.1 Å². The van der Waals surface area contributed by atoms with Gasteiger partial charge in [-0.05, 0) is 44.0 Å². The molecule has 138 valence electrons. The summed E-state index contributed by atoms with van der Waals surface area (Å²) in [4.78, 5) is 14.5. The summed E-state index contributed by atoms with van der Waals surface area (Å²) in [5.74, 6) is 0.115. The molecule has 0 radical (unpaired) electrons. The van der Waals surface area contributed by atoms with Crippen molar-refractivity contribution >= 4 is 17.7 Å². The lowest BCUT2D eigenvalue weighted by Gasteiger charge is -2.13. The van der Waals surface area contributed by atoms with E-state index >= 15 is 0 Å². The molecule has 0 saturated carbocycles. The van der Waals surface area contributed by atoms with Crippen molar-refractivity contribution in [1.82, 2.24) is 9.55 Å². The van der Waals surface area contributed by atoms with Gasteiger partial charge < -0.3 is 4.57 Å². The fourth-order valence-corrected chi connectivity index (χ4v) is 3.11. The number of anilines is 1. The second-order valence-corrected chi connectivity index (χ2v) is 6.14. The molecule has 0 aliphatic rings. The Morgan fingerprint density at radius 3 is 2.78 bits per heavy atom. The Bertz CT molecular complexity index is 1010. The lowest BCUT2D eigenvalue weighted by Crippen LogP contribution is -2.03. The van der Waals surface area contributed by atoms with Gasteiger partial charge in [0.2, 0.25) is 5.82 Å². The molecule has 7 nitrogen and oxygen atoms in total. The van der Waals surface area contributed by atoms with Crippen molar-refractivity contribution in [1.29, 1.82) is 0 Å². The fraction of sp³-hybridized carbons (Fsp3) is 0.200. The zero-order valence-electron chi connectivity index (χ0n) is 15.5. The van der Waals surface area contributed by atoms with Gasteiger partial charge >= 0.3 is 5.69 Å². The molecule has 0 saturated heterocycles. The zero-order chi connectivity index (χ0) is 19.4. The number of para-hydroxylation sites is 1. The number of nitro groups is 1. The molecule has 2 aromatic heterocycles. The smallest absolute Gasteiger partial charge is 0.313 e. The molecule has 2 heterocycles. The van der Waals surface area contributed by atoms with Crippen molar-refractivity contribution in [3.8, 4) is 5.69 Å². The van der Waals surface area contributed by atoms with Crippen LogP contribution < -0.4 is 5.43 Å². The van der Waals surface area contributed by atoms with Gasteiger partial charge in [-0.2, -0.15) is 5.10 Å². The van der Waals surface area contributed by atoms with E-state index in [1.54, 1.807) is 6.21 Å². The summed E-state index contributed by atoms with van der Waals surface area (Å²) < 4.78 is 2.20. The number of hydrogen-bond acceptors (Lipinski definition) is 5. The third-order valence-corrected chi connectivity index (χ3v) is 4.44. The van der Waals surface area contributed by atoms with Gasteiger partial charge in [0.05, 0.1) is 11.1 Å². The molecule has 1 aromatic carbocycles. The Labute approximate surface area is 157 Å². The Balaban J connectivity index is 1.90. The highest BCUT2D eigenvalue weighted by Gasteiger charge is 2.14. The van der Waals surface area contributed by atoms with Crippen molar-refractivity contribution in [2.24, 2.45) is 5.10 Å². The molecule has 7 heteroatoms. The van der Waals surface area contributed by atoms with Crippen LogP contribution in [0.4, 0.5) is 11.5 Å². The first-order valence-corrected chi connectivity index (χ1v) is 8.68. The Morgan fingerprint density at radius 2 is 2.04 bits per heavy atom. The van der Waals surface area contributed by atoms with E-state index in [1.807, 2.05) is 32.0 Å². The molecule has 0 bridgehead atoms. The predicted molar refractivity (Wildman–Crippen MR) is 107 cm³/mol. The van der Waals surface area contributed by atoms with Gasteiger partial charge in [0.25, 0.3) is 0 Å². The number of hydrogen-bond donors (Lipinski definition) is 1. The molecule has 0 atom stereocenters. The first-order chi connectivity index (χ1) is 13.0. The van der Waals surface area contributed by atoms with Gasteiger partial charge in [0.1, 0.15) is 0 Å². The Hall–Kier alpha value is -3.48. The van der Waals surface area contributed by atoms with Crippen LogP contribution in [0.1, 0.15) is 29.4 Å². The number of aryl methyl sites for hydroxylation is 2. The molecule has 0 spiro atoms. The van der Waals surface area contributed by atoms with Crippen LogP contribution in [0.2, 0.25) is 0 Å². The van der Waals surface area contributed by atoms with E-state index in [1.165, 1.54) is 23.9 Å². The normalized spacial score (nSPS) is 11.1. The molecule has 0 aliphatic carbocycles. The summed E-state index contributed by atoms with van der Waals surface area (Å²) in [7, 11) is 0. The Kier molecular flexibility index (Phi) is 5.30. The number of pyridine rings is 1. The number of hydrazone groups is 1. The molecule has 0 amide bonds. The van der Waals surface area contributed by atoms with E-state index < -0.39 is 4.92 Å². The summed E-state index contributed by atoms with van der Waals surface area (Å²) in [6.07, 6.45) is 4.09. The minimum absolute atomic E-state index is 0.114. The summed E-state index contributed by atoms with van der Waals surface area (Å²) in [6, 6.07) is 13.3. The number of nitrogens with zero attached hydrogens (tertiary/aromatic N) is 4. The third kappa shape index (κ3) is 3.72. The molecule has 0 aliphatic heterocycles. The second-order valence-electron chi connectivity index (χ2n) is 6.14.